The number of carbonyl (C=O) groups is 1. The third kappa shape index (κ3) is 2.95. The molecule has 1 aliphatic heterocycles. The molecule has 1 heterocycles. The van der Waals surface area contributed by atoms with Gasteiger partial charge in [0.1, 0.15) is 5.75 Å². The van der Waals surface area contributed by atoms with E-state index in [1.54, 1.807) is 0 Å². The van der Waals surface area contributed by atoms with E-state index in [0.717, 1.165) is 11.3 Å². The van der Waals surface area contributed by atoms with Crippen LogP contribution in [0.15, 0.2) is 36.4 Å². The number of carbonyl (C=O) groups excluding carboxylic acids is 1. The summed E-state index contributed by atoms with van der Waals surface area (Å²) >= 11 is 17.9. The van der Waals surface area contributed by atoms with Gasteiger partial charge in [0, 0.05) is 11.4 Å². The molecule has 1 N–H and O–H groups in total. The Bertz CT molecular complexity index is 670. The second-order valence-corrected chi connectivity index (χ2v) is 5.90. The lowest BCUT2D eigenvalue weighted by molar-refractivity contribution is -0.122. The van der Waals surface area contributed by atoms with Crippen molar-refractivity contribution >= 4 is 46.4 Å². The lowest BCUT2D eigenvalue weighted by Gasteiger charge is -2.13. The minimum Gasteiger partial charge on any atom is -0.480 e. The molecule has 0 aliphatic carbocycles. The first kappa shape index (κ1) is 14.5. The van der Waals surface area contributed by atoms with Crippen molar-refractivity contribution in [3.05, 3.63) is 57.0 Å². The molecular weight excluding hydrogens is 333 g/mol. The van der Waals surface area contributed by atoms with Crippen LogP contribution in [0.4, 0.5) is 5.69 Å². The fourth-order valence-electron chi connectivity index (χ4n) is 2.19. The molecule has 0 saturated heterocycles. The average molecular weight is 343 g/mol. The van der Waals surface area contributed by atoms with Gasteiger partial charge in [-0.15, -0.1) is 0 Å². The Kier molecular flexibility index (Phi) is 3.98. The molecule has 0 saturated carbocycles. The van der Waals surface area contributed by atoms with Crippen LogP contribution in [0, 0.1) is 0 Å². The number of hydrogen-bond donors (Lipinski definition) is 1. The van der Waals surface area contributed by atoms with Gasteiger partial charge in [0.05, 0.1) is 15.7 Å². The number of halogens is 3. The molecule has 1 amide bonds. The van der Waals surface area contributed by atoms with Crippen molar-refractivity contribution in [2.75, 3.05) is 5.32 Å². The monoisotopic (exact) mass is 341 g/mol. The number of fused-ring (bicyclic) bond motifs is 1. The van der Waals surface area contributed by atoms with Crippen LogP contribution in [0.3, 0.4) is 0 Å². The summed E-state index contributed by atoms with van der Waals surface area (Å²) < 4.78 is 5.62. The number of nitrogens with one attached hydrogen (secondary N) is 1. The standard InChI is InChI=1S/C15H10Cl3NO2/c16-9-6-10(17)14(11(18)7-9)19-15(20)13-5-8-3-1-2-4-12(8)21-13/h1-4,6-7,13H,5H2,(H,19,20). The van der Waals surface area contributed by atoms with Gasteiger partial charge in [-0.25, -0.2) is 0 Å². The third-order valence-electron chi connectivity index (χ3n) is 3.19. The molecule has 0 bridgehead atoms. The number of ether oxygens (including phenoxy) is 1. The van der Waals surface area contributed by atoms with Crippen molar-refractivity contribution in [2.45, 2.75) is 12.5 Å². The Morgan fingerprint density at radius 1 is 1.14 bits per heavy atom. The maximum Gasteiger partial charge on any atom is 0.265 e. The molecule has 1 aliphatic rings. The van der Waals surface area contributed by atoms with Gasteiger partial charge in [0.25, 0.3) is 5.91 Å². The second-order valence-electron chi connectivity index (χ2n) is 4.65. The van der Waals surface area contributed by atoms with Gasteiger partial charge in [0.15, 0.2) is 6.10 Å². The van der Waals surface area contributed by atoms with Crippen LogP contribution in [0.5, 0.6) is 5.75 Å². The maximum atomic E-state index is 12.3. The van der Waals surface area contributed by atoms with Crippen LogP contribution in [0.25, 0.3) is 0 Å². The summed E-state index contributed by atoms with van der Waals surface area (Å²) in [5, 5.41) is 3.68. The highest BCUT2D eigenvalue weighted by atomic mass is 35.5. The van der Waals surface area contributed by atoms with E-state index in [0.29, 0.717) is 17.1 Å². The number of rotatable bonds is 2. The van der Waals surface area contributed by atoms with Crippen molar-refractivity contribution in [2.24, 2.45) is 0 Å². The molecule has 3 nitrogen and oxygen atoms in total. The minimum absolute atomic E-state index is 0.288. The molecule has 2 aromatic rings. The smallest absolute Gasteiger partial charge is 0.265 e. The van der Waals surface area contributed by atoms with Gasteiger partial charge in [-0.1, -0.05) is 53.0 Å². The van der Waals surface area contributed by atoms with Gasteiger partial charge < -0.3 is 10.1 Å². The Labute approximate surface area is 136 Å². The largest absolute Gasteiger partial charge is 0.480 e. The topological polar surface area (TPSA) is 38.3 Å². The number of para-hydroxylation sites is 1. The van der Waals surface area contributed by atoms with E-state index in [4.69, 9.17) is 39.5 Å². The van der Waals surface area contributed by atoms with E-state index >= 15 is 0 Å². The lowest BCUT2D eigenvalue weighted by Crippen LogP contribution is -2.31. The Hall–Kier alpha value is -1.42. The lowest BCUT2D eigenvalue weighted by atomic mass is 10.1. The highest BCUT2D eigenvalue weighted by Gasteiger charge is 2.29. The number of anilines is 1. The van der Waals surface area contributed by atoms with E-state index in [-0.39, 0.29) is 16.0 Å². The van der Waals surface area contributed by atoms with Crippen molar-refractivity contribution < 1.29 is 9.53 Å². The van der Waals surface area contributed by atoms with Gasteiger partial charge >= 0.3 is 0 Å². The Morgan fingerprint density at radius 3 is 2.48 bits per heavy atom. The van der Waals surface area contributed by atoms with Gasteiger partial charge in [-0.05, 0) is 23.8 Å². The molecule has 6 heteroatoms. The second kappa shape index (κ2) is 5.76. The minimum atomic E-state index is -0.592. The molecule has 1 unspecified atom stereocenters. The predicted molar refractivity (Wildman–Crippen MR) is 84.7 cm³/mol. The van der Waals surface area contributed by atoms with Crippen molar-refractivity contribution in [3.63, 3.8) is 0 Å². The molecule has 0 fully saturated rings. The van der Waals surface area contributed by atoms with Crippen LogP contribution in [0.2, 0.25) is 15.1 Å². The van der Waals surface area contributed by atoms with E-state index in [1.807, 2.05) is 24.3 Å². The molecule has 0 radical (unpaired) electrons. The van der Waals surface area contributed by atoms with Crippen molar-refractivity contribution in [1.82, 2.24) is 0 Å². The number of hydrogen-bond acceptors (Lipinski definition) is 2. The van der Waals surface area contributed by atoms with Crippen LogP contribution in [-0.4, -0.2) is 12.0 Å². The third-order valence-corrected chi connectivity index (χ3v) is 4.01. The van der Waals surface area contributed by atoms with Crippen LogP contribution >= 0.6 is 34.8 Å². The normalized spacial score (nSPS) is 16.2. The Balaban J connectivity index is 1.77. The quantitative estimate of drug-likeness (QED) is 0.867. The summed E-state index contributed by atoms with van der Waals surface area (Å²) in [7, 11) is 0. The fourth-order valence-corrected chi connectivity index (χ4v) is 3.11. The highest BCUT2D eigenvalue weighted by Crippen LogP contribution is 2.35. The first-order valence-corrected chi connectivity index (χ1v) is 7.38. The van der Waals surface area contributed by atoms with Crippen LogP contribution in [-0.2, 0) is 11.2 Å². The first-order valence-electron chi connectivity index (χ1n) is 6.24. The van der Waals surface area contributed by atoms with Crippen molar-refractivity contribution in [3.8, 4) is 5.75 Å². The molecule has 21 heavy (non-hydrogen) atoms. The highest BCUT2D eigenvalue weighted by molar-refractivity contribution is 6.42. The zero-order chi connectivity index (χ0) is 15.0. The molecule has 0 aromatic heterocycles. The van der Waals surface area contributed by atoms with E-state index in [9.17, 15) is 4.79 Å². The Morgan fingerprint density at radius 2 is 1.81 bits per heavy atom. The molecule has 2 aromatic carbocycles. The summed E-state index contributed by atoms with van der Waals surface area (Å²) in [4.78, 5) is 12.3. The van der Waals surface area contributed by atoms with Crippen LogP contribution < -0.4 is 10.1 Å². The van der Waals surface area contributed by atoms with E-state index in [2.05, 4.69) is 5.32 Å². The molecule has 0 spiro atoms. The number of benzene rings is 2. The molecular formula is C15H10Cl3NO2. The summed E-state index contributed by atoms with van der Waals surface area (Å²) in [6, 6.07) is 10.6. The zero-order valence-corrected chi connectivity index (χ0v) is 13.0. The van der Waals surface area contributed by atoms with Gasteiger partial charge in [0.2, 0.25) is 0 Å². The molecule has 108 valence electrons. The summed E-state index contributed by atoms with van der Waals surface area (Å²) in [6.07, 6.45) is -0.0737. The average Bonchev–Trinajstić information content (AvgIpc) is 2.86. The zero-order valence-electron chi connectivity index (χ0n) is 10.7. The summed E-state index contributed by atoms with van der Waals surface area (Å²) in [6.45, 7) is 0. The van der Waals surface area contributed by atoms with Gasteiger partial charge in [-0.3, -0.25) is 4.79 Å². The predicted octanol–water partition coefficient (Wildman–Crippen LogP) is 4.59. The summed E-state index contributed by atoms with van der Waals surface area (Å²) in [5.41, 5.74) is 1.35. The summed E-state index contributed by atoms with van der Waals surface area (Å²) in [5.74, 6) is 0.434. The van der Waals surface area contributed by atoms with E-state index < -0.39 is 6.10 Å². The molecule has 3 rings (SSSR count). The molecule has 1 atom stereocenters. The first-order chi connectivity index (χ1) is 10.0. The van der Waals surface area contributed by atoms with Crippen molar-refractivity contribution in [1.29, 1.82) is 0 Å². The SMILES string of the molecule is O=C(Nc1c(Cl)cc(Cl)cc1Cl)C1Cc2ccccc2O1. The van der Waals surface area contributed by atoms with Gasteiger partial charge in [-0.2, -0.15) is 0 Å². The van der Waals surface area contributed by atoms with Crippen LogP contribution in [0.1, 0.15) is 5.56 Å². The number of amides is 1. The van der Waals surface area contributed by atoms with E-state index in [1.165, 1.54) is 12.1 Å². The maximum absolute atomic E-state index is 12.3. The fraction of sp³-hybridized carbons (Fsp3) is 0.133.